The molecule has 2 aromatic rings. The van der Waals surface area contributed by atoms with Crippen molar-refractivity contribution in [1.29, 1.82) is 0 Å². The van der Waals surface area contributed by atoms with Crippen LogP contribution in [0.5, 0.6) is 0 Å². The lowest BCUT2D eigenvalue weighted by atomic mass is 10.1. The summed E-state index contributed by atoms with van der Waals surface area (Å²) in [6, 6.07) is 6.96. The van der Waals surface area contributed by atoms with Gasteiger partial charge in [0.2, 0.25) is 0 Å². The van der Waals surface area contributed by atoms with Gasteiger partial charge in [-0.25, -0.2) is 8.78 Å². The molecule has 0 radical (unpaired) electrons. The fourth-order valence-corrected chi connectivity index (χ4v) is 2.91. The zero-order valence-corrected chi connectivity index (χ0v) is 13.5. The van der Waals surface area contributed by atoms with Crippen LogP contribution >= 0.6 is 39.1 Å². The Balaban J connectivity index is 2.30. The predicted octanol–water partition coefficient (Wildman–Crippen LogP) is 6.21. The van der Waals surface area contributed by atoms with E-state index in [1.807, 2.05) is 19.1 Å². The van der Waals surface area contributed by atoms with E-state index in [4.69, 9.17) is 23.2 Å². The number of benzene rings is 2. The molecule has 0 amide bonds. The molecule has 0 fully saturated rings. The summed E-state index contributed by atoms with van der Waals surface area (Å²) < 4.78 is 27.6. The first kappa shape index (κ1) is 15.5. The Morgan fingerprint density at radius 2 is 1.80 bits per heavy atom. The third kappa shape index (κ3) is 3.43. The SMILES string of the molecule is CC(Nc1c(F)cc(F)cc1Cl)c1ccc(Br)cc1Cl. The summed E-state index contributed by atoms with van der Waals surface area (Å²) in [4.78, 5) is 0. The summed E-state index contributed by atoms with van der Waals surface area (Å²) in [7, 11) is 0. The standard InChI is InChI=1S/C14H10BrCl2F2N/c1-7(10-3-2-8(15)4-11(10)16)20-14-12(17)5-9(18)6-13(14)19/h2-7,20H,1H3. The zero-order valence-electron chi connectivity index (χ0n) is 10.4. The van der Waals surface area contributed by atoms with Gasteiger partial charge in [-0.3, -0.25) is 0 Å². The van der Waals surface area contributed by atoms with Crippen LogP contribution in [0.3, 0.4) is 0 Å². The Morgan fingerprint density at radius 1 is 1.10 bits per heavy atom. The normalized spacial score (nSPS) is 12.3. The lowest BCUT2D eigenvalue weighted by molar-refractivity contribution is 0.584. The molecule has 1 unspecified atom stereocenters. The van der Waals surface area contributed by atoms with Crippen molar-refractivity contribution in [3.05, 3.63) is 62.0 Å². The average molecular weight is 381 g/mol. The van der Waals surface area contributed by atoms with Crippen molar-refractivity contribution in [2.45, 2.75) is 13.0 Å². The van der Waals surface area contributed by atoms with Crippen molar-refractivity contribution in [3.63, 3.8) is 0 Å². The van der Waals surface area contributed by atoms with E-state index in [0.717, 1.165) is 22.2 Å². The highest BCUT2D eigenvalue weighted by Crippen LogP contribution is 2.32. The van der Waals surface area contributed by atoms with Crippen LogP contribution in [-0.4, -0.2) is 0 Å². The molecule has 1 nitrogen and oxygen atoms in total. The zero-order chi connectivity index (χ0) is 14.9. The first-order valence-electron chi connectivity index (χ1n) is 5.74. The van der Waals surface area contributed by atoms with E-state index in [1.54, 1.807) is 6.07 Å². The third-order valence-corrected chi connectivity index (χ3v) is 3.92. The van der Waals surface area contributed by atoms with E-state index in [-0.39, 0.29) is 16.8 Å². The second-order valence-electron chi connectivity index (χ2n) is 4.28. The molecule has 1 N–H and O–H groups in total. The summed E-state index contributed by atoms with van der Waals surface area (Å²) in [6.07, 6.45) is 0. The molecule has 0 spiro atoms. The van der Waals surface area contributed by atoms with Gasteiger partial charge in [0.15, 0.2) is 5.82 Å². The highest BCUT2D eigenvalue weighted by molar-refractivity contribution is 9.10. The molecule has 6 heteroatoms. The molecule has 0 aliphatic heterocycles. The largest absolute Gasteiger partial charge is 0.375 e. The van der Waals surface area contributed by atoms with E-state index < -0.39 is 11.6 Å². The average Bonchev–Trinajstić information content (AvgIpc) is 2.33. The summed E-state index contributed by atoms with van der Waals surface area (Å²) in [6.45, 7) is 1.81. The van der Waals surface area contributed by atoms with Crippen LogP contribution < -0.4 is 5.32 Å². The van der Waals surface area contributed by atoms with Crippen LogP contribution in [0.4, 0.5) is 14.5 Å². The van der Waals surface area contributed by atoms with Crippen molar-refractivity contribution < 1.29 is 8.78 Å². The van der Waals surface area contributed by atoms with Crippen LogP contribution in [0, 0.1) is 11.6 Å². The van der Waals surface area contributed by atoms with Crippen molar-refractivity contribution in [2.75, 3.05) is 5.32 Å². The van der Waals surface area contributed by atoms with E-state index >= 15 is 0 Å². The Morgan fingerprint density at radius 3 is 2.40 bits per heavy atom. The van der Waals surface area contributed by atoms with E-state index in [1.165, 1.54) is 0 Å². The van der Waals surface area contributed by atoms with Crippen LogP contribution in [0.15, 0.2) is 34.8 Å². The van der Waals surface area contributed by atoms with Gasteiger partial charge in [-0.15, -0.1) is 0 Å². The van der Waals surface area contributed by atoms with E-state index in [2.05, 4.69) is 21.2 Å². The summed E-state index contributed by atoms with van der Waals surface area (Å²) in [5.41, 5.74) is 0.842. The minimum absolute atomic E-state index is 0.0115. The fraction of sp³-hybridized carbons (Fsp3) is 0.143. The van der Waals surface area contributed by atoms with Gasteiger partial charge in [0.25, 0.3) is 0 Å². The molecule has 106 valence electrons. The third-order valence-electron chi connectivity index (χ3n) is 2.80. The number of hydrogen-bond acceptors (Lipinski definition) is 1. The van der Waals surface area contributed by atoms with Gasteiger partial charge in [-0.1, -0.05) is 45.2 Å². The predicted molar refractivity (Wildman–Crippen MR) is 82.6 cm³/mol. The molecule has 20 heavy (non-hydrogen) atoms. The molecule has 0 saturated carbocycles. The second-order valence-corrected chi connectivity index (χ2v) is 6.01. The Labute approximate surface area is 134 Å². The number of hydrogen-bond donors (Lipinski definition) is 1. The van der Waals surface area contributed by atoms with Gasteiger partial charge < -0.3 is 5.32 Å². The van der Waals surface area contributed by atoms with Gasteiger partial charge in [-0.2, -0.15) is 0 Å². The van der Waals surface area contributed by atoms with Crippen LogP contribution in [0.25, 0.3) is 0 Å². The minimum atomic E-state index is -0.741. The molecule has 0 saturated heterocycles. The van der Waals surface area contributed by atoms with Crippen LogP contribution in [-0.2, 0) is 0 Å². The maximum absolute atomic E-state index is 13.7. The minimum Gasteiger partial charge on any atom is -0.375 e. The summed E-state index contributed by atoms with van der Waals surface area (Å²) >= 11 is 15.3. The molecule has 1 atom stereocenters. The van der Waals surface area contributed by atoms with Crippen molar-refractivity contribution in [3.8, 4) is 0 Å². The van der Waals surface area contributed by atoms with Gasteiger partial charge >= 0.3 is 0 Å². The number of rotatable bonds is 3. The Kier molecular flexibility index (Phi) is 4.89. The first-order chi connectivity index (χ1) is 9.38. The summed E-state index contributed by atoms with van der Waals surface area (Å²) in [5.74, 6) is -1.46. The Bertz CT molecular complexity index is 626. The maximum Gasteiger partial charge on any atom is 0.150 e. The highest BCUT2D eigenvalue weighted by Gasteiger charge is 2.15. The van der Waals surface area contributed by atoms with Gasteiger partial charge in [0.05, 0.1) is 16.8 Å². The highest BCUT2D eigenvalue weighted by atomic mass is 79.9. The molecule has 2 rings (SSSR count). The number of anilines is 1. The second kappa shape index (κ2) is 6.29. The van der Waals surface area contributed by atoms with Gasteiger partial charge in [-0.05, 0) is 30.7 Å². The van der Waals surface area contributed by atoms with Crippen molar-refractivity contribution in [1.82, 2.24) is 0 Å². The van der Waals surface area contributed by atoms with Gasteiger partial charge in [0.1, 0.15) is 5.82 Å². The van der Waals surface area contributed by atoms with E-state index in [0.29, 0.717) is 5.02 Å². The summed E-state index contributed by atoms with van der Waals surface area (Å²) in [5, 5.41) is 3.44. The molecular weight excluding hydrogens is 371 g/mol. The molecule has 0 aromatic heterocycles. The number of halogens is 5. The molecular formula is C14H10BrCl2F2N. The lowest BCUT2D eigenvalue weighted by Crippen LogP contribution is -2.09. The van der Waals surface area contributed by atoms with E-state index in [9.17, 15) is 8.78 Å². The van der Waals surface area contributed by atoms with Crippen LogP contribution in [0.1, 0.15) is 18.5 Å². The fourth-order valence-electron chi connectivity index (χ4n) is 1.83. The monoisotopic (exact) mass is 379 g/mol. The quantitative estimate of drug-likeness (QED) is 0.667. The molecule has 0 bridgehead atoms. The molecule has 2 aromatic carbocycles. The smallest absolute Gasteiger partial charge is 0.150 e. The molecule has 0 heterocycles. The maximum atomic E-state index is 13.7. The lowest BCUT2D eigenvalue weighted by Gasteiger charge is -2.18. The van der Waals surface area contributed by atoms with Crippen molar-refractivity contribution in [2.24, 2.45) is 0 Å². The molecule has 0 aliphatic rings. The molecule has 0 aliphatic carbocycles. The topological polar surface area (TPSA) is 12.0 Å². The van der Waals surface area contributed by atoms with Crippen LogP contribution in [0.2, 0.25) is 10.0 Å². The number of nitrogens with one attached hydrogen (secondary N) is 1. The Hall–Kier alpha value is -0.840. The first-order valence-corrected chi connectivity index (χ1v) is 7.29. The van der Waals surface area contributed by atoms with Gasteiger partial charge in [0, 0.05) is 15.6 Å². The van der Waals surface area contributed by atoms with Crippen molar-refractivity contribution >= 4 is 44.8 Å².